The van der Waals surface area contributed by atoms with E-state index in [0.717, 1.165) is 11.6 Å². The standard InChI is InChI=1S/C8H14N4/c1-5(9-2)7-10-8(12-11-7)6-3-4-6/h5-6,9H,3-4H2,1-2H3,(H,10,11,12). The molecule has 2 N–H and O–H groups in total. The van der Waals surface area contributed by atoms with E-state index in [1.807, 2.05) is 7.05 Å². The van der Waals surface area contributed by atoms with E-state index in [1.54, 1.807) is 0 Å². The first-order valence-corrected chi connectivity index (χ1v) is 4.40. The molecule has 1 atom stereocenters. The highest BCUT2D eigenvalue weighted by atomic mass is 15.2. The van der Waals surface area contributed by atoms with Gasteiger partial charge in [-0.3, -0.25) is 5.10 Å². The van der Waals surface area contributed by atoms with Gasteiger partial charge >= 0.3 is 0 Å². The summed E-state index contributed by atoms with van der Waals surface area (Å²) in [4.78, 5) is 4.41. The molecule has 0 aliphatic heterocycles. The predicted octanol–water partition coefficient (Wildman–Crippen LogP) is 0.962. The minimum Gasteiger partial charge on any atom is -0.311 e. The zero-order valence-corrected chi connectivity index (χ0v) is 7.46. The molecule has 0 saturated heterocycles. The first-order valence-electron chi connectivity index (χ1n) is 4.40. The van der Waals surface area contributed by atoms with Crippen LogP contribution in [0.1, 0.15) is 43.4 Å². The monoisotopic (exact) mass is 166 g/mol. The van der Waals surface area contributed by atoms with E-state index < -0.39 is 0 Å². The van der Waals surface area contributed by atoms with Crippen molar-refractivity contribution in [2.75, 3.05) is 7.05 Å². The van der Waals surface area contributed by atoms with E-state index in [2.05, 4.69) is 27.4 Å². The third-order valence-corrected chi connectivity index (χ3v) is 2.30. The van der Waals surface area contributed by atoms with Crippen LogP contribution in [0.3, 0.4) is 0 Å². The van der Waals surface area contributed by atoms with Crippen molar-refractivity contribution in [2.24, 2.45) is 0 Å². The average Bonchev–Trinajstić information content (AvgIpc) is 2.83. The molecule has 0 bridgehead atoms. The largest absolute Gasteiger partial charge is 0.311 e. The van der Waals surface area contributed by atoms with E-state index in [-0.39, 0.29) is 6.04 Å². The van der Waals surface area contributed by atoms with Crippen LogP contribution in [-0.2, 0) is 0 Å². The molecule has 12 heavy (non-hydrogen) atoms. The number of aromatic nitrogens is 3. The quantitative estimate of drug-likeness (QED) is 0.703. The van der Waals surface area contributed by atoms with Crippen LogP contribution < -0.4 is 5.32 Å². The highest BCUT2D eigenvalue weighted by Gasteiger charge is 2.27. The fourth-order valence-electron chi connectivity index (χ4n) is 1.15. The molecule has 1 saturated carbocycles. The number of hydrogen-bond acceptors (Lipinski definition) is 3. The summed E-state index contributed by atoms with van der Waals surface area (Å²) in [5, 5.41) is 10.2. The van der Waals surface area contributed by atoms with Gasteiger partial charge in [0.05, 0.1) is 6.04 Å². The van der Waals surface area contributed by atoms with Gasteiger partial charge in [-0.05, 0) is 26.8 Å². The molecule has 0 spiro atoms. The van der Waals surface area contributed by atoms with Crippen LogP contribution in [0, 0.1) is 0 Å². The van der Waals surface area contributed by atoms with Crippen LogP contribution in [0.4, 0.5) is 0 Å². The first kappa shape index (κ1) is 7.73. The van der Waals surface area contributed by atoms with E-state index in [9.17, 15) is 0 Å². The van der Waals surface area contributed by atoms with Gasteiger partial charge in [0.15, 0.2) is 5.82 Å². The van der Waals surface area contributed by atoms with Gasteiger partial charge in [0.25, 0.3) is 0 Å². The molecule has 0 radical (unpaired) electrons. The maximum atomic E-state index is 4.41. The predicted molar refractivity (Wildman–Crippen MR) is 45.8 cm³/mol. The zero-order valence-electron chi connectivity index (χ0n) is 7.46. The maximum Gasteiger partial charge on any atom is 0.167 e. The van der Waals surface area contributed by atoms with E-state index >= 15 is 0 Å². The van der Waals surface area contributed by atoms with Crippen molar-refractivity contribution < 1.29 is 0 Å². The van der Waals surface area contributed by atoms with Gasteiger partial charge in [0.1, 0.15) is 5.82 Å². The SMILES string of the molecule is CNC(C)c1n[nH]c(C2CC2)n1. The van der Waals surface area contributed by atoms with Crippen LogP contribution in [0.2, 0.25) is 0 Å². The minimum absolute atomic E-state index is 0.244. The van der Waals surface area contributed by atoms with E-state index in [0.29, 0.717) is 5.92 Å². The number of nitrogens with one attached hydrogen (secondary N) is 2. The molecule has 1 aromatic rings. The Bertz CT molecular complexity index is 264. The molecule has 66 valence electrons. The second-order valence-electron chi connectivity index (χ2n) is 3.36. The summed E-state index contributed by atoms with van der Waals surface area (Å²) in [7, 11) is 1.91. The summed E-state index contributed by atoms with van der Waals surface area (Å²) in [6.45, 7) is 2.06. The molecule has 1 unspecified atom stereocenters. The van der Waals surface area contributed by atoms with Crippen LogP contribution in [0.25, 0.3) is 0 Å². The zero-order chi connectivity index (χ0) is 8.55. The lowest BCUT2D eigenvalue weighted by Crippen LogP contribution is -2.13. The maximum absolute atomic E-state index is 4.41. The van der Waals surface area contributed by atoms with Gasteiger partial charge in [-0.1, -0.05) is 0 Å². The van der Waals surface area contributed by atoms with Crippen molar-refractivity contribution >= 4 is 0 Å². The summed E-state index contributed by atoms with van der Waals surface area (Å²) < 4.78 is 0. The molecule has 1 aliphatic rings. The number of hydrogen-bond donors (Lipinski definition) is 2. The fourth-order valence-corrected chi connectivity index (χ4v) is 1.15. The number of rotatable bonds is 3. The molecule has 1 fully saturated rings. The molecule has 2 rings (SSSR count). The van der Waals surface area contributed by atoms with Crippen molar-refractivity contribution in [1.29, 1.82) is 0 Å². The van der Waals surface area contributed by atoms with Gasteiger partial charge < -0.3 is 5.32 Å². The Morgan fingerprint density at radius 1 is 1.58 bits per heavy atom. The lowest BCUT2D eigenvalue weighted by molar-refractivity contribution is 0.613. The van der Waals surface area contributed by atoms with Gasteiger partial charge in [-0.2, -0.15) is 5.10 Å². The van der Waals surface area contributed by atoms with Crippen LogP contribution >= 0.6 is 0 Å². The molecule has 1 heterocycles. The average molecular weight is 166 g/mol. The van der Waals surface area contributed by atoms with Gasteiger partial charge in [0, 0.05) is 5.92 Å². The highest BCUT2D eigenvalue weighted by molar-refractivity contribution is 5.06. The third-order valence-electron chi connectivity index (χ3n) is 2.30. The summed E-state index contributed by atoms with van der Waals surface area (Å²) in [6.07, 6.45) is 2.53. The normalized spacial score (nSPS) is 19.5. The smallest absolute Gasteiger partial charge is 0.167 e. The Kier molecular flexibility index (Phi) is 1.84. The number of aromatic amines is 1. The minimum atomic E-state index is 0.244. The van der Waals surface area contributed by atoms with Gasteiger partial charge in [-0.25, -0.2) is 4.98 Å². The highest BCUT2D eigenvalue weighted by Crippen LogP contribution is 2.37. The van der Waals surface area contributed by atoms with Gasteiger partial charge in [0.2, 0.25) is 0 Å². The van der Waals surface area contributed by atoms with Crippen molar-refractivity contribution in [2.45, 2.75) is 31.7 Å². The number of H-pyrrole nitrogens is 1. The molecular weight excluding hydrogens is 152 g/mol. The Balaban J connectivity index is 2.12. The lowest BCUT2D eigenvalue weighted by atomic mass is 10.3. The molecule has 4 heteroatoms. The third kappa shape index (κ3) is 1.34. The summed E-state index contributed by atoms with van der Waals surface area (Å²) in [5.74, 6) is 2.60. The second-order valence-corrected chi connectivity index (χ2v) is 3.36. The fraction of sp³-hybridized carbons (Fsp3) is 0.750. The molecule has 4 nitrogen and oxygen atoms in total. The number of nitrogens with zero attached hydrogens (tertiary/aromatic N) is 2. The second kappa shape index (κ2) is 2.86. The lowest BCUT2D eigenvalue weighted by Gasteiger charge is -2.02. The molecule has 1 aromatic heterocycles. The van der Waals surface area contributed by atoms with Crippen LogP contribution in [-0.4, -0.2) is 22.2 Å². The molecule has 0 aromatic carbocycles. The van der Waals surface area contributed by atoms with E-state index in [4.69, 9.17) is 0 Å². The van der Waals surface area contributed by atoms with E-state index in [1.165, 1.54) is 12.8 Å². The molecule has 1 aliphatic carbocycles. The molecular formula is C8H14N4. The Hall–Kier alpha value is -0.900. The molecule has 0 amide bonds. The summed E-state index contributed by atoms with van der Waals surface area (Å²) >= 11 is 0. The first-order chi connectivity index (χ1) is 5.81. The Morgan fingerprint density at radius 2 is 2.33 bits per heavy atom. The van der Waals surface area contributed by atoms with Crippen LogP contribution in [0.15, 0.2) is 0 Å². The Morgan fingerprint density at radius 3 is 2.92 bits per heavy atom. The van der Waals surface area contributed by atoms with Crippen molar-refractivity contribution in [3.63, 3.8) is 0 Å². The van der Waals surface area contributed by atoms with Crippen molar-refractivity contribution in [1.82, 2.24) is 20.5 Å². The topological polar surface area (TPSA) is 53.6 Å². The van der Waals surface area contributed by atoms with Crippen molar-refractivity contribution in [3.05, 3.63) is 11.6 Å². The van der Waals surface area contributed by atoms with Gasteiger partial charge in [-0.15, -0.1) is 0 Å². The Labute approximate surface area is 71.8 Å². The van der Waals surface area contributed by atoms with Crippen LogP contribution in [0.5, 0.6) is 0 Å². The van der Waals surface area contributed by atoms with Crippen molar-refractivity contribution in [3.8, 4) is 0 Å². The summed E-state index contributed by atoms with van der Waals surface area (Å²) in [5.41, 5.74) is 0. The summed E-state index contributed by atoms with van der Waals surface area (Å²) in [6, 6.07) is 0.244.